The molecule has 1 heterocycles. The van der Waals surface area contributed by atoms with E-state index in [1.54, 1.807) is 0 Å². The van der Waals surface area contributed by atoms with Gasteiger partial charge in [0.15, 0.2) is 0 Å². The molecule has 0 unspecified atom stereocenters. The first-order valence-corrected chi connectivity index (χ1v) is 7.30. The lowest BCUT2D eigenvalue weighted by molar-refractivity contribution is 0.289. The Morgan fingerprint density at radius 2 is 1.57 bits per heavy atom. The van der Waals surface area contributed by atoms with Crippen LogP contribution in [0.25, 0.3) is 32.9 Å². The van der Waals surface area contributed by atoms with E-state index in [0.717, 1.165) is 29.4 Å². The fourth-order valence-electron chi connectivity index (χ4n) is 3.26. The molecule has 2 aliphatic rings. The van der Waals surface area contributed by atoms with Crippen molar-refractivity contribution in [3.63, 3.8) is 0 Å². The van der Waals surface area contributed by atoms with Crippen LogP contribution in [0.15, 0.2) is 59.2 Å². The Balaban J connectivity index is 2.15. The zero-order chi connectivity index (χ0) is 14.2. The standard InChI is InChI=1S/C19H16O2/c20-11-5-9-15-13-6-1-2-7-14(13)17-12-21-18-10-4-3-8-16(18)19(15)17/h1-4,6-8,10,12,20H,5,9,11H2. The minimum Gasteiger partial charge on any atom is -0.464 e. The summed E-state index contributed by atoms with van der Waals surface area (Å²) in [4.78, 5) is 0. The third-order valence-electron chi connectivity index (χ3n) is 4.16. The summed E-state index contributed by atoms with van der Waals surface area (Å²) in [5, 5.41) is 12.9. The van der Waals surface area contributed by atoms with Crippen molar-refractivity contribution >= 4 is 21.7 Å². The molecule has 1 N–H and O–H groups in total. The van der Waals surface area contributed by atoms with Crippen molar-refractivity contribution in [1.82, 2.24) is 0 Å². The van der Waals surface area contributed by atoms with Crippen molar-refractivity contribution in [2.24, 2.45) is 0 Å². The molecular formula is C19H16O2. The smallest absolute Gasteiger partial charge is 0.134 e. The predicted molar refractivity (Wildman–Crippen MR) is 85.7 cm³/mol. The number of fused-ring (bicyclic) bond motifs is 5. The number of aryl methyl sites for hydroxylation is 1. The summed E-state index contributed by atoms with van der Waals surface area (Å²) in [5.74, 6) is 0. The molecule has 0 bridgehead atoms. The van der Waals surface area contributed by atoms with Gasteiger partial charge in [0.25, 0.3) is 0 Å². The monoisotopic (exact) mass is 276 g/mol. The highest BCUT2D eigenvalue weighted by atomic mass is 16.3. The first kappa shape index (κ1) is 12.4. The minimum absolute atomic E-state index is 0.218. The third-order valence-corrected chi connectivity index (χ3v) is 4.16. The Kier molecular flexibility index (Phi) is 2.90. The van der Waals surface area contributed by atoms with Crippen molar-refractivity contribution in [2.45, 2.75) is 12.8 Å². The first-order chi connectivity index (χ1) is 10.4. The average Bonchev–Trinajstić information content (AvgIpc) is 2.87. The molecule has 0 fully saturated rings. The molecule has 1 aliphatic heterocycles. The van der Waals surface area contributed by atoms with Gasteiger partial charge in [0, 0.05) is 23.1 Å². The summed E-state index contributed by atoms with van der Waals surface area (Å²) >= 11 is 0. The molecule has 0 spiro atoms. The van der Waals surface area contributed by atoms with Gasteiger partial charge < -0.3 is 9.52 Å². The van der Waals surface area contributed by atoms with Gasteiger partial charge in [0.05, 0.1) is 6.26 Å². The van der Waals surface area contributed by atoms with E-state index in [2.05, 4.69) is 30.3 Å². The van der Waals surface area contributed by atoms with Crippen molar-refractivity contribution in [1.29, 1.82) is 0 Å². The second kappa shape index (κ2) is 4.90. The average molecular weight is 276 g/mol. The zero-order valence-corrected chi connectivity index (χ0v) is 11.7. The van der Waals surface area contributed by atoms with Gasteiger partial charge in [-0.1, -0.05) is 42.5 Å². The van der Waals surface area contributed by atoms with Crippen LogP contribution in [0, 0.1) is 0 Å². The molecule has 0 amide bonds. The first-order valence-electron chi connectivity index (χ1n) is 7.30. The molecule has 21 heavy (non-hydrogen) atoms. The van der Waals surface area contributed by atoms with E-state index in [-0.39, 0.29) is 6.61 Å². The summed E-state index contributed by atoms with van der Waals surface area (Å²) in [6, 6.07) is 16.6. The third kappa shape index (κ3) is 1.83. The maximum Gasteiger partial charge on any atom is 0.134 e. The fourth-order valence-corrected chi connectivity index (χ4v) is 3.26. The fraction of sp³-hybridized carbons (Fsp3) is 0.158. The van der Waals surface area contributed by atoms with Gasteiger partial charge in [-0.25, -0.2) is 0 Å². The molecule has 0 atom stereocenters. The van der Waals surface area contributed by atoms with Crippen LogP contribution in [0.4, 0.5) is 0 Å². The van der Waals surface area contributed by atoms with Gasteiger partial charge in [-0.3, -0.25) is 0 Å². The van der Waals surface area contributed by atoms with E-state index in [0.29, 0.717) is 0 Å². The maximum atomic E-state index is 9.20. The Morgan fingerprint density at radius 1 is 0.857 bits per heavy atom. The lowest BCUT2D eigenvalue weighted by atomic mass is 9.99. The van der Waals surface area contributed by atoms with Crippen LogP contribution < -0.4 is 0 Å². The molecule has 104 valence electrons. The second-order valence-corrected chi connectivity index (χ2v) is 5.37. The second-order valence-electron chi connectivity index (χ2n) is 5.37. The molecule has 2 nitrogen and oxygen atoms in total. The number of para-hydroxylation sites is 1. The van der Waals surface area contributed by atoms with Crippen LogP contribution in [0.1, 0.15) is 12.0 Å². The highest BCUT2D eigenvalue weighted by molar-refractivity contribution is 6.12. The Hall–Kier alpha value is -2.32. The normalized spacial score (nSPS) is 11.7. The van der Waals surface area contributed by atoms with Gasteiger partial charge in [0.2, 0.25) is 0 Å². The Bertz CT molecular complexity index is 889. The van der Waals surface area contributed by atoms with Gasteiger partial charge in [-0.05, 0) is 35.2 Å². The van der Waals surface area contributed by atoms with Crippen LogP contribution in [-0.2, 0) is 6.42 Å². The molecule has 2 aromatic rings. The van der Waals surface area contributed by atoms with E-state index in [1.165, 1.54) is 21.9 Å². The number of hydrogen-bond donors (Lipinski definition) is 1. The molecule has 0 aromatic heterocycles. The van der Waals surface area contributed by atoms with Crippen LogP contribution in [0.5, 0.6) is 0 Å². The molecule has 0 radical (unpaired) electrons. The van der Waals surface area contributed by atoms with E-state index in [1.807, 2.05) is 24.5 Å². The highest BCUT2D eigenvalue weighted by Gasteiger charge is 2.20. The Labute approximate surface area is 123 Å². The Morgan fingerprint density at radius 3 is 2.38 bits per heavy atom. The maximum absolute atomic E-state index is 9.20. The van der Waals surface area contributed by atoms with E-state index in [9.17, 15) is 5.11 Å². The van der Waals surface area contributed by atoms with Crippen LogP contribution in [0.2, 0.25) is 0 Å². The van der Waals surface area contributed by atoms with Crippen LogP contribution >= 0.6 is 0 Å². The topological polar surface area (TPSA) is 33.4 Å². The van der Waals surface area contributed by atoms with E-state index < -0.39 is 0 Å². The lowest BCUT2D eigenvalue weighted by Crippen LogP contribution is -1.91. The molecule has 0 saturated heterocycles. The molecule has 1 aliphatic carbocycles. The highest BCUT2D eigenvalue weighted by Crippen LogP contribution is 2.43. The predicted octanol–water partition coefficient (Wildman–Crippen LogP) is 4.62. The van der Waals surface area contributed by atoms with Crippen molar-refractivity contribution in [3.8, 4) is 11.1 Å². The van der Waals surface area contributed by atoms with E-state index >= 15 is 0 Å². The summed E-state index contributed by atoms with van der Waals surface area (Å²) in [6.45, 7) is 0.218. The van der Waals surface area contributed by atoms with Gasteiger partial charge in [-0.15, -0.1) is 0 Å². The van der Waals surface area contributed by atoms with Crippen molar-refractivity contribution < 1.29 is 9.52 Å². The summed E-state index contributed by atoms with van der Waals surface area (Å²) in [7, 11) is 0. The molecular weight excluding hydrogens is 260 g/mol. The van der Waals surface area contributed by atoms with E-state index in [4.69, 9.17) is 4.42 Å². The zero-order valence-electron chi connectivity index (χ0n) is 11.7. The van der Waals surface area contributed by atoms with Gasteiger partial charge in [-0.2, -0.15) is 0 Å². The quantitative estimate of drug-likeness (QED) is 0.592. The SMILES string of the molecule is OCCCc1c2c3ccccc3occ-2c2ccccc12. The molecule has 0 saturated carbocycles. The minimum atomic E-state index is 0.218. The summed E-state index contributed by atoms with van der Waals surface area (Å²) in [5.41, 5.74) is 4.66. The van der Waals surface area contributed by atoms with Gasteiger partial charge in [0.1, 0.15) is 5.58 Å². The number of hydrogen-bond acceptors (Lipinski definition) is 2. The molecule has 4 rings (SSSR count). The number of benzene rings is 2. The van der Waals surface area contributed by atoms with Gasteiger partial charge >= 0.3 is 0 Å². The number of aliphatic hydroxyl groups excluding tert-OH is 1. The lowest BCUT2D eigenvalue weighted by Gasteiger charge is -2.08. The molecule has 2 aromatic carbocycles. The van der Waals surface area contributed by atoms with Crippen molar-refractivity contribution in [2.75, 3.05) is 6.61 Å². The number of aliphatic hydroxyl groups is 1. The summed E-state index contributed by atoms with van der Waals surface area (Å²) < 4.78 is 5.80. The van der Waals surface area contributed by atoms with Crippen LogP contribution in [0.3, 0.4) is 0 Å². The van der Waals surface area contributed by atoms with Crippen LogP contribution in [-0.4, -0.2) is 11.7 Å². The molecule has 2 heteroatoms. The van der Waals surface area contributed by atoms with Crippen molar-refractivity contribution in [3.05, 3.63) is 60.4 Å². The largest absolute Gasteiger partial charge is 0.464 e. The number of rotatable bonds is 3. The summed E-state index contributed by atoms with van der Waals surface area (Å²) in [6.07, 6.45) is 3.53.